The lowest BCUT2D eigenvalue weighted by molar-refractivity contribution is -0.175. The Hall–Kier alpha value is 0.330. The van der Waals surface area contributed by atoms with Gasteiger partial charge in [0.25, 0.3) is 0 Å². The zero-order chi connectivity index (χ0) is 12.8. The van der Waals surface area contributed by atoms with Gasteiger partial charge < -0.3 is 4.74 Å². The summed E-state index contributed by atoms with van der Waals surface area (Å²) >= 11 is 11.7. The highest BCUT2D eigenvalue weighted by Crippen LogP contribution is 2.34. The van der Waals surface area contributed by atoms with Gasteiger partial charge in [0.2, 0.25) is 0 Å². The van der Waals surface area contributed by atoms with E-state index >= 15 is 0 Å². The van der Waals surface area contributed by atoms with Crippen LogP contribution in [0, 0.1) is 11.3 Å². The summed E-state index contributed by atoms with van der Waals surface area (Å²) in [5, 5.41) is 0. The van der Waals surface area contributed by atoms with Crippen molar-refractivity contribution in [2.75, 3.05) is 25.0 Å². The SMILES string of the molecule is CC(C)C(CCl)(CCl)CCOCC(F)(F)F. The molecule has 0 heterocycles. The number of hydrogen-bond acceptors (Lipinski definition) is 1. The molecule has 0 radical (unpaired) electrons. The zero-order valence-electron chi connectivity index (χ0n) is 9.41. The molecule has 0 unspecified atom stereocenters. The van der Waals surface area contributed by atoms with Gasteiger partial charge in [0, 0.05) is 23.8 Å². The maximum atomic E-state index is 11.8. The Labute approximate surface area is 104 Å². The molecule has 0 aromatic carbocycles. The number of ether oxygens (including phenoxy) is 1. The first-order valence-electron chi connectivity index (χ1n) is 5.04. The molecule has 0 atom stereocenters. The van der Waals surface area contributed by atoms with E-state index in [1.807, 2.05) is 13.8 Å². The Bertz CT molecular complexity index is 191. The average Bonchev–Trinajstić information content (AvgIpc) is 2.17. The van der Waals surface area contributed by atoms with E-state index in [9.17, 15) is 13.2 Å². The Morgan fingerprint density at radius 3 is 1.94 bits per heavy atom. The lowest BCUT2D eigenvalue weighted by atomic mass is 9.78. The van der Waals surface area contributed by atoms with Crippen LogP contribution in [0.25, 0.3) is 0 Å². The van der Waals surface area contributed by atoms with Gasteiger partial charge in [-0.2, -0.15) is 13.2 Å². The maximum absolute atomic E-state index is 11.8. The molecular formula is C10H17Cl2F3O. The number of alkyl halides is 5. The number of rotatable bonds is 7. The van der Waals surface area contributed by atoms with Crippen LogP contribution < -0.4 is 0 Å². The summed E-state index contributed by atoms with van der Waals surface area (Å²) in [5.41, 5.74) is -0.352. The van der Waals surface area contributed by atoms with Crippen molar-refractivity contribution in [3.8, 4) is 0 Å². The van der Waals surface area contributed by atoms with Crippen molar-refractivity contribution in [1.82, 2.24) is 0 Å². The second-order valence-corrected chi connectivity index (χ2v) is 4.74. The third-order valence-electron chi connectivity index (χ3n) is 2.77. The molecule has 0 saturated heterocycles. The normalized spacial score (nSPS) is 13.5. The number of halogens is 5. The van der Waals surface area contributed by atoms with Crippen LogP contribution in [-0.4, -0.2) is 31.2 Å². The van der Waals surface area contributed by atoms with Crippen LogP contribution in [0.15, 0.2) is 0 Å². The Balaban J connectivity index is 4.04. The molecule has 0 aliphatic rings. The van der Waals surface area contributed by atoms with Gasteiger partial charge in [-0.15, -0.1) is 23.2 Å². The monoisotopic (exact) mass is 280 g/mol. The molecule has 16 heavy (non-hydrogen) atoms. The predicted octanol–water partition coefficient (Wildman–Crippen LogP) is 4.08. The summed E-state index contributed by atoms with van der Waals surface area (Å²) in [6, 6.07) is 0. The van der Waals surface area contributed by atoms with Gasteiger partial charge in [-0.1, -0.05) is 13.8 Å². The molecule has 98 valence electrons. The topological polar surface area (TPSA) is 9.23 Å². The molecule has 0 fully saturated rings. The largest absolute Gasteiger partial charge is 0.411 e. The fourth-order valence-corrected chi connectivity index (χ4v) is 2.40. The average molecular weight is 281 g/mol. The summed E-state index contributed by atoms with van der Waals surface area (Å²) < 4.78 is 40.0. The predicted molar refractivity (Wildman–Crippen MR) is 60.2 cm³/mol. The molecule has 6 heteroatoms. The molecule has 0 amide bonds. The summed E-state index contributed by atoms with van der Waals surface area (Å²) in [6.07, 6.45) is -3.84. The molecule has 1 nitrogen and oxygen atoms in total. The molecule has 0 aromatic heterocycles. The highest BCUT2D eigenvalue weighted by atomic mass is 35.5. The quantitative estimate of drug-likeness (QED) is 0.505. The summed E-state index contributed by atoms with van der Waals surface area (Å²) in [6.45, 7) is 2.71. The zero-order valence-corrected chi connectivity index (χ0v) is 10.9. The van der Waals surface area contributed by atoms with E-state index in [1.165, 1.54) is 0 Å². The van der Waals surface area contributed by atoms with E-state index in [0.717, 1.165) is 0 Å². The van der Waals surface area contributed by atoms with Crippen LogP contribution in [0.1, 0.15) is 20.3 Å². The van der Waals surface area contributed by atoms with Crippen LogP contribution in [-0.2, 0) is 4.74 Å². The van der Waals surface area contributed by atoms with Crippen molar-refractivity contribution < 1.29 is 17.9 Å². The van der Waals surface area contributed by atoms with Gasteiger partial charge in [-0.05, 0) is 12.3 Å². The molecule has 0 aliphatic heterocycles. The Morgan fingerprint density at radius 2 is 1.62 bits per heavy atom. The third-order valence-corrected chi connectivity index (χ3v) is 3.83. The van der Waals surface area contributed by atoms with Crippen LogP contribution in [0.2, 0.25) is 0 Å². The minimum Gasteiger partial charge on any atom is -0.372 e. The van der Waals surface area contributed by atoms with Gasteiger partial charge in [-0.25, -0.2) is 0 Å². The van der Waals surface area contributed by atoms with Crippen molar-refractivity contribution in [2.24, 2.45) is 11.3 Å². The third kappa shape index (κ3) is 5.60. The van der Waals surface area contributed by atoms with Gasteiger partial charge >= 0.3 is 6.18 Å². The van der Waals surface area contributed by atoms with E-state index in [1.54, 1.807) is 0 Å². The van der Waals surface area contributed by atoms with Crippen molar-refractivity contribution in [2.45, 2.75) is 26.4 Å². The molecule has 0 spiro atoms. The van der Waals surface area contributed by atoms with Gasteiger partial charge in [0.15, 0.2) is 0 Å². The van der Waals surface area contributed by atoms with Gasteiger partial charge in [0.05, 0.1) is 0 Å². The molecule has 0 aromatic rings. The van der Waals surface area contributed by atoms with Crippen LogP contribution in [0.4, 0.5) is 13.2 Å². The van der Waals surface area contributed by atoms with E-state index in [2.05, 4.69) is 4.74 Å². The number of hydrogen-bond donors (Lipinski definition) is 0. The molecular weight excluding hydrogens is 264 g/mol. The fraction of sp³-hybridized carbons (Fsp3) is 1.00. The fourth-order valence-electron chi connectivity index (χ4n) is 1.23. The van der Waals surface area contributed by atoms with Gasteiger partial charge in [-0.3, -0.25) is 0 Å². The van der Waals surface area contributed by atoms with Crippen LogP contribution in [0.3, 0.4) is 0 Å². The first-order chi connectivity index (χ1) is 7.27. The first-order valence-corrected chi connectivity index (χ1v) is 6.11. The minimum atomic E-state index is -4.28. The molecule has 0 bridgehead atoms. The van der Waals surface area contributed by atoms with E-state index in [-0.39, 0.29) is 17.9 Å². The van der Waals surface area contributed by atoms with E-state index in [4.69, 9.17) is 23.2 Å². The summed E-state index contributed by atoms with van der Waals surface area (Å²) in [5.74, 6) is 0.851. The molecule has 0 N–H and O–H groups in total. The molecule has 0 aliphatic carbocycles. The van der Waals surface area contributed by atoms with Crippen molar-refractivity contribution >= 4 is 23.2 Å². The Morgan fingerprint density at radius 1 is 1.12 bits per heavy atom. The van der Waals surface area contributed by atoms with Gasteiger partial charge in [0.1, 0.15) is 6.61 Å². The molecule has 0 saturated carbocycles. The molecule has 0 rings (SSSR count). The standard InChI is InChI=1S/C10H17Cl2F3O/c1-8(2)9(5-11,6-12)3-4-16-7-10(13,14)15/h8H,3-7H2,1-2H3. The summed E-state index contributed by atoms with van der Waals surface area (Å²) in [7, 11) is 0. The highest BCUT2D eigenvalue weighted by molar-refractivity contribution is 6.21. The van der Waals surface area contributed by atoms with Crippen molar-refractivity contribution in [3.63, 3.8) is 0 Å². The Kier molecular flexibility index (Phi) is 7.06. The maximum Gasteiger partial charge on any atom is 0.411 e. The van der Waals surface area contributed by atoms with Crippen LogP contribution in [0.5, 0.6) is 0 Å². The summed E-state index contributed by atoms with van der Waals surface area (Å²) in [4.78, 5) is 0. The van der Waals surface area contributed by atoms with E-state index < -0.39 is 12.8 Å². The minimum absolute atomic E-state index is 0.0249. The second-order valence-electron chi connectivity index (χ2n) is 4.20. The van der Waals surface area contributed by atoms with E-state index in [0.29, 0.717) is 18.2 Å². The second kappa shape index (κ2) is 6.92. The smallest absolute Gasteiger partial charge is 0.372 e. The highest BCUT2D eigenvalue weighted by Gasteiger charge is 2.33. The van der Waals surface area contributed by atoms with Crippen molar-refractivity contribution in [1.29, 1.82) is 0 Å². The lowest BCUT2D eigenvalue weighted by Gasteiger charge is -2.33. The lowest BCUT2D eigenvalue weighted by Crippen LogP contribution is -2.33. The first kappa shape index (κ1) is 16.3. The van der Waals surface area contributed by atoms with Crippen LogP contribution >= 0.6 is 23.2 Å². The van der Waals surface area contributed by atoms with Crippen molar-refractivity contribution in [3.05, 3.63) is 0 Å².